The fourth-order valence-electron chi connectivity index (χ4n) is 3.38. The van der Waals surface area contributed by atoms with E-state index in [1.165, 1.54) is 0 Å². The van der Waals surface area contributed by atoms with E-state index in [2.05, 4.69) is 5.32 Å². The second kappa shape index (κ2) is 6.71. The van der Waals surface area contributed by atoms with E-state index in [9.17, 15) is 4.79 Å². The molecule has 1 heterocycles. The predicted octanol–water partition coefficient (Wildman–Crippen LogP) is 4.30. The van der Waals surface area contributed by atoms with Crippen molar-refractivity contribution in [3.63, 3.8) is 0 Å². The lowest BCUT2D eigenvalue weighted by molar-refractivity contribution is -0.123. The molecule has 3 aromatic rings. The number of benzene rings is 2. The van der Waals surface area contributed by atoms with Crippen LogP contribution in [0, 0.1) is 0 Å². The molecule has 0 atom stereocenters. The zero-order valence-corrected chi connectivity index (χ0v) is 14.7. The standard InChI is InChI=1S/C22H21NO3/c1-25-20-5-3-2-4-19(20)22(11-12-22)21(24)23-14-16-6-8-17(9-7-16)18-10-13-26-15-18/h2-10,13,15H,11-12,14H2,1H3,(H,23,24). The normalized spacial score (nSPS) is 14.7. The molecule has 0 spiro atoms. The fourth-order valence-corrected chi connectivity index (χ4v) is 3.38. The van der Waals surface area contributed by atoms with Crippen LogP contribution in [-0.2, 0) is 16.8 Å². The first kappa shape index (κ1) is 16.5. The third kappa shape index (κ3) is 2.99. The number of furan rings is 1. The van der Waals surface area contributed by atoms with Gasteiger partial charge in [0.2, 0.25) is 5.91 Å². The monoisotopic (exact) mass is 347 g/mol. The molecule has 1 aromatic heterocycles. The summed E-state index contributed by atoms with van der Waals surface area (Å²) in [5, 5.41) is 3.09. The number of ether oxygens (including phenoxy) is 1. The van der Waals surface area contributed by atoms with E-state index < -0.39 is 5.41 Å². The summed E-state index contributed by atoms with van der Waals surface area (Å²) in [6.45, 7) is 0.515. The molecule has 1 aliphatic rings. The van der Waals surface area contributed by atoms with Crippen LogP contribution in [0.2, 0.25) is 0 Å². The third-order valence-electron chi connectivity index (χ3n) is 5.07. The van der Waals surface area contributed by atoms with Crippen LogP contribution in [-0.4, -0.2) is 13.0 Å². The third-order valence-corrected chi connectivity index (χ3v) is 5.07. The van der Waals surface area contributed by atoms with Gasteiger partial charge < -0.3 is 14.5 Å². The number of carbonyl (C=O) groups is 1. The molecule has 132 valence electrons. The predicted molar refractivity (Wildman–Crippen MR) is 99.9 cm³/mol. The lowest BCUT2D eigenvalue weighted by Crippen LogP contribution is -2.34. The van der Waals surface area contributed by atoms with Crippen molar-refractivity contribution in [1.82, 2.24) is 5.32 Å². The molecule has 1 saturated carbocycles. The maximum absolute atomic E-state index is 12.8. The first-order valence-electron chi connectivity index (χ1n) is 8.76. The quantitative estimate of drug-likeness (QED) is 0.723. The lowest BCUT2D eigenvalue weighted by Gasteiger charge is -2.18. The number of para-hydroxylation sites is 1. The van der Waals surface area contributed by atoms with Crippen molar-refractivity contribution >= 4 is 5.91 Å². The van der Waals surface area contributed by atoms with Gasteiger partial charge in [0.25, 0.3) is 0 Å². The second-order valence-corrected chi connectivity index (χ2v) is 6.67. The van der Waals surface area contributed by atoms with Gasteiger partial charge in [0, 0.05) is 17.7 Å². The maximum atomic E-state index is 12.8. The molecule has 0 unspecified atom stereocenters. The lowest BCUT2D eigenvalue weighted by atomic mass is 9.94. The van der Waals surface area contributed by atoms with Crippen LogP contribution in [0.25, 0.3) is 11.1 Å². The Hall–Kier alpha value is -3.01. The Balaban J connectivity index is 1.44. The summed E-state index contributed by atoms with van der Waals surface area (Å²) in [5.74, 6) is 0.852. The summed E-state index contributed by atoms with van der Waals surface area (Å²) in [6.07, 6.45) is 5.11. The average molecular weight is 347 g/mol. The molecule has 26 heavy (non-hydrogen) atoms. The number of rotatable bonds is 6. The van der Waals surface area contributed by atoms with Gasteiger partial charge in [-0.25, -0.2) is 0 Å². The number of nitrogens with one attached hydrogen (secondary N) is 1. The molecule has 1 aliphatic carbocycles. The summed E-state index contributed by atoms with van der Waals surface area (Å²) < 4.78 is 10.6. The van der Waals surface area contributed by atoms with E-state index in [4.69, 9.17) is 9.15 Å². The van der Waals surface area contributed by atoms with Crippen molar-refractivity contribution in [3.8, 4) is 16.9 Å². The Bertz CT molecular complexity index is 893. The molecule has 2 aromatic carbocycles. The van der Waals surface area contributed by atoms with Gasteiger partial charge >= 0.3 is 0 Å². The Morgan fingerprint density at radius 1 is 1.08 bits per heavy atom. The van der Waals surface area contributed by atoms with Crippen molar-refractivity contribution < 1.29 is 13.9 Å². The highest BCUT2D eigenvalue weighted by atomic mass is 16.5. The number of methoxy groups -OCH3 is 1. The van der Waals surface area contributed by atoms with Crippen LogP contribution < -0.4 is 10.1 Å². The number of carbonyl (C=O) groups excluding carboxylic acids is 1. The summed E-state index contributed by atoms with van der Waals surface area (Å²) in [4.78, 5) is 12.8. The molecule has 1 amide bonds. The summed E-state index contributed by atoms with van der Waals surface area (Å²) in [5.41, 5.74) is 3.76. The largest absolute Gasteiger partial charge is 0.496 e. The van der Waals surface area contributed by atoms with Gasteiger partial charge in [-0.05, 0) is 36.1 Å². The van der Waals surface area contributed by atoms with Crippen LogP contribution in [0.1, 0.15) is 24.0 Å². The topological polar surface area (TPSA) is 51.5 Å². The van der Waals surface area contributed by atoms with Gasteiger partial charge in [0.15, 0.2) is 0 Å². The zero-order chi connectivity index (χ0) is 18.0. The second-order valence-electron chi connectivity index (χ2n) is 6.67. The van der Waals surface area contributed by atoms with Gasteiger partial charge in [-0.2, -0.15) is 0 Å². The average Bonchev–Trinajstić information content (AvgIpc) is 3.32. The molecular weight excluding hydrogens is 326 g/mol. The molecule has 0 aliphatic heterocycles. The Labute approximate surface area is 152 Å². The molecular formula is C22H21NO3. The summed E-state index contributed by atoms with van der Waals surface area (Å²) in [7, 11) is 1.65. The van der Waals surface area contributed by atoms with Crippen LogP contribution >= 0.6 is 0 Å². The zero-order valence-electron chi connectivity index (χ0n) is 14.7. The van der Waals surface area contributed by atoms with Crippen LogP contribution in [0.4, 0.5) is 0 Å². The molecule has 4 nitrogen and oxygen atoms in total. The van der Waals surface area contributed by atoms with Gasteiger partial charge in [0.05, 0.1) is 25.1 Å². The number of hydrogen-bond acceptors (Lipinski definition) is 3. The van der Waals surface area contributed by atoms with Crippen molar-refractivity contribution in [2.45, 2.75) is 24.8 Å². The van der Waals surface area contributed by atoms with Gasteiger partial charge in [-0.3, -0.25) is 4.79 Å². The van der Waals surface area contributed by atoms with Crippen molar-refractivity contribution in [1.29, 1.82) is 0 Å². The number of hydrogen-bond donors (Lipinski definition) is 1. The SMILES string of the molecule is COc1ccccc1C1(C(=O)NCc2ccc(-c3ccoc3)cc2)CC1. The van der Waals surface area contributed by atoms with E-state index in [1.54, 1.807) is 19.6 Å². The van der Waals surface area contributed by atoms with E-state index in [-0.39, 0.29) is 5.91 Å². The van der Waals surface area contributed by atoms with Gasteiger partial charge in [-0.1, -0.05) is 42.5 Å². The minimum Gasteiger partial charge on any atom is -0.496 e. The van der Waals surface area contributed by atoms with Gasteiger partial charge in [-0.15, -0.1) is 0 Å². The van der Waals surface area contributed by atoms with E-state index in [0.717, 1.165) is 40.8 Å². The Morgan fingerprint density at radius 2 is 1.85 bits per heavy atom. The molecule has 0 saturated heterocycles. The van der Waals surface area contributed by atoms with E-state index in [1.807, 2.05) is 54.6 Å². The van der Waals surface area contributed by atoms with Crippen molar-refractivity contribution in [2.75, 3.05) is 7.11 Å². The van der Waals surface area contributed by atoms with E-state index >= 15 is 0 Å². The molecule has 0 bridgehead atoms. The Morgan fingerprint density at radius 3 is 2.50 bits per heavy atom. The van der Waals surface area contributed by atoms with Gasteiger partial charge in [0.1, 0.15) is 5.75 Å². The maximum Gasteiger partial charge on any atom is 0.231 e. The van der Waals surface area contributed by atoms with Crippen molar-refractivity contribution in [2.24, 2.45) is 0 Å². The molecule has 0 radical (unpaired) electrons. The molecule has 1 fully saturated rings. The molecule has 4 heteroatoms. The fraction of sp³-hybridized carbons (Fsp3) is 0.227. The van der Waals surface area contributed by atoms with Crippen molar-refractivity contribution in [3.05, 3.63) is 78.3 Å². The minimum absolute atomic E-state index is 0.0703. The minimum atomic E-state index is -0.441. The van der Waals surface area contributed by atoms with Crippen LogP contribution in [0.5, 0.6) is 5.75 Å². The summed E-state index contributed by atoms with van der Waals surface area (Å²) in [6, 6.07) is 17.9. The smallest absolute Gasteiger partial charge is 0.231 e. The highest BCUT2D eigenvalue weighted by Crippen LogP contribution is 2.51. The first-order valence-corrected chi connectivity index (χ1v) is 8.76. The Kier molecular flexibility index (Phi) is 4.25. The first-order chi connectivity index (χ1) is 12.7. The summed E-state index contributed by atoms with van der Waals surface area (Å²) >= 11 is 0. The van der Waals surface area contributed by atoms with E-state index in [0.29, 0.717) is 6.54 Å². The highest BCUT2D eigenvalue weighted by Gasteiger charge is 2.52. The highest BCUT2D eigenvalue weighted by molar-refractivity contribution is 5.92. The number of amides is 1. The van der Waals surface area contributed by atoms with Crippen LogP contribution in [0.3, 0.4) is 0 Å². The molecule has 1 N–H and O–H groups in total. The molecule has 4 rings (SSSR count). The van der Waals surface area contributed by atoms with Crippen LogP contribution in [0.15, 0.2) is 71.5 Å².